The zero-order valence-corrected chi connectivity index (χ0v) is 15.0. The van der Waals surface area contributed by atoms with Gasteiger partial charge in [-0.2, -0.15) is 0 Å². The number of aryl methyl sites for hydroxylation is 1. The number of carbonyl (C=O) groups is 1. The third-order valence-corrected chi connectivity index (χ3v) is 4.72. The molecule has 2 aliphatic heterocycles. The van der Waals surface area contributed by atoms with Gasteiger partial charge in [0.1, 0.15) is 5.75 Å². The standard InChI is InChI=1S/C19H28N2O4/c1-23-16-7-8-18-15(13-16)5-2-10-21(18)19(22)20-9-4-11-24-14-17-6-3-12-25-17/h7-8,13,17H,2-6,9-12,14H2,1H3,(H,20,22)/t17-/m1/s1. The summed E-state index contributed by atoms with van der Waals surface area (Å²) in [5.41, 5.74) is 2.15. The number of methoxy groups -OCH3 is 1. The summed E-state index contributed by atoms with van der Waals surface area (Å²) >= 11 is 0. The first-order valence-corrected chi connectivity index (χ1v) is 9.19. The van der Waals surface area contributed by atoms with E-state index in [2.05, 4.69) is 5.32 Å². The summed E-state index contributed by atoms with van der Waals surface area (Å²) in [5.74, 6) is 0.837. The van der Waals surface area contributed by atoms with Gasteiger partial charge in [0.25, 0.3) is 0 Å². The van der Waals surface area contributed by atoms with Gasteiger partial charge in [0.2, 0.25) is 0 Å². The van der Waals surface area contributed by atoms with E-state index < -0.39 is 0 Å². The van der Waals surface area contributed by atoms with Gasteiger partial charge < -0.3 is 19.5 Å². The lowest BCUT2D eigenvalue weighted by Crippen LogP contribution is -2.43. The van der Waals surface area contributed by atoms with Crippen molar-refractivity contribution >= 4 is 11.7 Å². The van der Waals surface area contributed by atoms with Crippen LogP contribution in [0.25, 0.3) is 0 Å². The summed E-state index contributed by atoms with van der Waals surface area (Å²) in [6.07, 6.45) is 5.24. The molecule has 1 aromatic rings. The van der Waals surface area contributed by atoms with Crippen LogP contribution in [0.1, 0.15) is 31.2 Å². The number of hydrogen-bond acceptors (Lipinski definition) is 4. The number of carbonyl (C=O) groups excluding carboxylic acids is 1. The van der Waals surface area contributed by atoms with Crippen molar-refractivity contribution in [3.63, 3.8) is 0 Å². The summed E-state index contributed by atoms with van der Waals surface area (Å²) < 4.78 is 16.4. The molecule has 25 heavy (non-hydrogen) atoms. The van der Waals surface area contributed by atoms with Crippen LogP contribution in [0.2, 0.25) is 0 Å². The average molecular weight is 348 g/mol. The minimum absolute atomic E-state index is 0.0368. The van der Waals surface area contributed by atoms with Crippen molar-refractivity contribution in [2.75, 3.05) is 44.9 Å². The maximum atomic E-state index is 12.5. The van der Waals surface area contributed by atoms with Crippen LogP contribution in [-0.2, 0) is 15.9 Å². The van der Waals surface area contributed by atoms with Crippen molar-refractivity contribution in [3.8, 4) is 5.75 Å². The molecular weight excluding hydrogens is 320 g/mol. The topological polar surface area (TPSA) is 60.0 Å². The predicted molar refractivity (Wildman–Crippen MR) is 96.5 cm³/mol. The van der Waals surface area contributed by atoms with Gasteiger partial charge in [-0.3, -0.25) is 4.90 Å². The number of benzene rings is 1. The molecular formula is C19H28N2O4. The summed E-state index contributed by atoms with van der Waals surface area (Å²) in [6.45, 7) is 3.53. The monoisotopic (exact) mass is 348 g/mol. The van der Waals surface area contributed by atoms with E-state index in [1.807, 2.05) is 23.1 Å². The first-order valence-electron chi connectivity index (χ1n) is 9.19. The molecule has 0 bridgehead atoms. The molecule has 0 aromatic heterocycles. The number of nitrogens with zero attached hydrogens (tertiary/aromatic N) is 1. The Hall–Kier alpha value is -1.79. The van der Waals surface area contributed by atoms with E-state index in [1.54, 1.807) is 7.11 Å². The summed E-state index contributed by atoms with van der Waals surface area (Å²) in [7, 11) is 1.66. The van der Waals surface area contributed by atoms with Gasteiger partial charge in [0.15, 0.2) is 0 Å². The van der Waals surface area contributed by atoms with Crippen LogP contribution in [-0.4, -0.2) is 52.2 Å². The van der Waals surface area contributed by atoms with Gasteiger partial charge in [0, 0.05) is 32.0 Å². The Morgan fingerprint density at radius 2 is 2.32 bits per heavy atom. The Morgan fingerprint density at radius 1 is 1.40 bits per heavy atom. The molecule has 1 fully saturated rings. The summed E-state index contributed by atoms with van der Waals surface area (Å²) in [4.78, 5) is 14.3. The average Bonchev–Trinajstić information content (AvgIpc) is 3.16. The molecule has 0 saturated carbocycles. The Bertz CT molecular complexity index is 573. The van der Waals surface area contributed by atoms with E-state index >= 15 is 0 Å². The number of rotatable bonds is 7. The summed E-state index contributed by atoms with van der Waals surface area (Å²) in [5, 5.41) is 2.99. The lowest BCUT2D eigenvalue weighted by Gasteiger charge is -2.29. The number of fused-ring (bicyclic) bond motifs is 1. The van der Waals surface area contributed by atoms with E-state index in [4.69, 9.17) is 14.2 Å². The van der Waals surface area contributed by atoms with Crippen molar-refractivity contribution in [3.05, 3.63) is 23.8 Å². The minimum atomic E-state index is -0.0368. The van der Waals surface area contributed by atoms with Gasteiger partial charge >= 0.3 is 6.03 Å². The smallest absolute Gasteiger partial charge is 0.321 e. The van der Waals surface area contributed by atoms with Gasteiger partial charge in [-0.25, -0.2) is 4.79 Å². The fraction of sp³-hybridized carbons (Fsp3) is 0.632. The first-order chi connectivity index (χ1) is 12.3. The highest BCUT2D eigenvalue weighted by atomic mass is 16.5. The lowest BCUT2D eigenvalue weighted by molar-refractivity contribution is 0.0168. The van der Waals surface area contributed by atoms with E-state index in [0.29, 0.717) is 19.8 Å². The molecule has 6 nitrogen and oxygen atoms in total. The van der Waals surface area contributed by atoms with Crippen LogP contribution in [0.3, 0.4) is 0 Å². The molecule has 2 heterocycles. The molecule has 2 aliphatic rings. The molecule has 1 saturated heterocycles. The molecule has 3 rings (SSSR count). The van der Waals surface area contributed by atoms with Crippen LogP contribution in [0.15, 0.2) is 18.2 Å². The predicted octanol–water partition coefficient (Wildman–Crippen LogP) is 2.74. The zero-order valence-electron chi connectivity index (χ0n) is 15.0. The molecule has 1 N–H and O–H groups in total. The molecule has 138 valence electrons. The molecule has 1 atom stereocenters. The number of nitrogens with one attached hydrogen (secondary N) is 1. The fourth-order valence-corrected chi connectivity index (χ4v) is 3.37. The summed E-state index contributed by atoms with van der Waals surface area (Å²) in [6, 6.07) is 5.86. The minimum Gasteiger partial charge on any atom is -0.497 e. The van der Waals surface area contributed by atoms with E-state index in [0.717, 1.165) is 56.7 Å². The van der Waals surface area contributed by atoms with Gasteiger partial charge in [-0.1, -0.05) is 0 Å². The Labute approximate surface area is 149 Å². The Kier molecular flexibility index (Phi) is 6.53. The lowest BCUT2D eigenvalue weighted by atomic mass is 10.0. The largest absolute Gasteiger partial charge is 0.497 e. The van der Waals surface area contributed by atoms with Crippen molar-refractivity contribution in [1.29, 1.82) is 0 Å². The van der Waals surface area contributed by atoms with E-state index in [1.165, 1.54) is 5.56 Å². The quantitative estimate of drug-likeness (QED) is 0.770. The molecule has 1 aromatic carbocycles. The second-order valence-electron chi connectivity index (χ2n) is 6.55. The SMILES string of the molecule is COc1ccc2c(c1)CCCN2C(=O)NCCCOC[C@H]1CCCO1. The highest BCUT2D eigenvalue weighted by Crippen LogP contribution is 2.30. The van der Waals surface area contributed by atoms with Crippen LogP contribution in [0.5, 0.6) is 5.75 Å². The molecule has 0 unspecified atom stereocenters. The van der Waals surface area contributed by atoms with Crippen molar-refractivity contribution in [2.45, 2.75) is 38.2 Å². The fourth-order valence-electron chi connectivity index (χ4n) is 3.37. The van der Waals surface area contributed by atoms with Crippen molar-refractivity contribution < 1.29 is 19.0 Å². The molecule has 0 aliphatic carbocycles. The van der Waals surface area contributed by atoms with Crippen LogP contribution < -0.4 is 15.0 Å². The van der Waals surface area contributed by atoms with E-state index in [-0.39, 0.29) is 12.1 Å². The number of anilines is 1. The number of urea groups is 1. The van der Waals surface area contributed by atoms with Crippen LogP contribution >= 0.6 is 0 Å². The highest BCUT2D eigenvalue weighted by Gasteiger charge is 2.22. The second-order valence-corrected chi connectivity index (χ2v) is 6.55. The van der Waals surface area contributed by atoms with Gasteiger partial charge in [0.05, 0.1) is 19.8 Å². The molecule has 0 spiro atoms. The third kappa shape index (κ3) is 4.86. The number of ether oxygens (including phenoxy) is 3. The van der Waals surface area contributed by atoms with Crippen molar-refractivity contribution in [1.82, 2.24) is 5.32 Å². The maximum absolute atomic E-state index is 12.5. The van der Waals surface area contributed by atoms with E-state index in [9.17, 15) is 4.79 Å². The highest BCUT2D eigenvalue weighted by molar-refractivity contribution is 5.93. The Balaban J connectivity index is 1.40. The van der Waals surface area contributed by atoms with Crippen LogP contribution in [0.4, 0.5) is 10.5 Å². The first kappa shape index (κ1) is 18.0. The number of hydrogen-bond donors (Lipinski definition) is 1. The van der Waals surface area contributed by atoms with Crippen LogP contribution in [0, 0.1) is 0 Å². The normalized spacial score (nSPS) is 19.6. The van der Waals surface area contributed by atoms with Gasteiger partial charge in [-0.05, 0) is 55.9 Å². The molecule has 2 amide bonds. The molecule has 0 radical (unpaired) electrons. The third-order valence-electron chi connectivity index (χ3n) is 4.72. The molecule has 6 heteroatoms. The second kappa shape index (κ2) is 9.06. The zero-order chi connectivity index (χ0) is 17.5. The Morgan fingerprint density at radius 3 is 3.12 bits per heavy atom. The maximum Gasteiger partial charge on any atom is 0.321 e. The number of amides is 2. The van der Waals surface area contributed by atoms with Gasteiger partial charge in [-0.15, -0.1) is 0 Å². The van der Waals surface area contributed by atoms with Crippen molar-refractivity contribution in [2.24, 2.45) is 0 Å².